The summed E-state index contributed by atoms with van der Waals surface area (Å²) in [6, 6.07) is 13.2. The zero-order valence-corrected chi connectivity index (χ0v) is 16.6. The number of nitrogens with one attached hydrogen (secondary N) is 2. The van der Waals surface area contributed by atoms with Crippen LogP contribution >= 0.6 is 11.6 Å². The molecule has 11 heteroatoms. The van der Waals surface area contributed by atoms with Crippen molar-refractivity contribution in [3.05, 3.63) is 65.9 Å². The molecule has 2 aromatic heterocycles. The van der Waals surface area contributed by atoms with Gasteiger partial charge in [0.1, 0.15) is 0 Å². The van der Waals surface area contributed by atoms with Gasteiger partial charge >= 0.3 is 0 Å². The largest absolute Gasteiger partial charge is 0.365 e. The molecule has 2 aromatic carbocycles. The zero-order valence-electron chi connectivity index (χ0n) is 15.0. The number of hydrogen-bond acceptors (Lipinski definition) is 7. The third-order valence-electron chi connectivity index (χ3n) is 4.01. The topological polar surface area (TPSA) is 115 Å². The van der Waals surface area contributed by atoms with E-state index in [1.165, 1.54) is 12.1 Å². The third-order valence-corrected chi connectivity index (χ3v) is 5.58. The second-order valence-corrected chi connectivity index (χ2v) is 8.18. The molecule has 148 valence electrons. The predicted molar refractivity (Wildman–Crippen MR) is 110 cm³/mol. The summed E-state index contributed by atoms with van der Waals surface area (Å²) in [6.45, 7) is 0.970. The molecule has 0 aliphatic heterocycles. The highest BCUT2D eigenvalue weighted by Crippen LogP contribution is 2.25. The van der Waals surface area contributed by atoms with Crippen LogP contribution in [0, 0.1) is 0 Å². The van der Waals surface area contributed by atoms with Crippen LogP contribution in [-0.4, -0.2) is 39.9 Å². The number of fused-ring (bicyclic) bond motifs is 1. The Morgan fingerprint density at radius 1 is 1.00 bits per heavy atom. The summed E-state index contributed by atoms with van der Waals surface area (Å²) in [6.07, 6.45) is 3.32. The van der Waals surface area contributed by atoms with Gasteiger partial charge in [-0.3, -0.25) is 9.40 Å². The van der Waals surface area contributed by atoms with Crippen LogP contribution in [0.1, 0.15) is 0 Å². The molecule has 0 saturated heterocycles. The molecule has 0 aliphatic carbocycles. The summed E-state index contributed by atoms with van der Waals surface area (Å²) in [4.78, 5) is 8.99. The number of anilines is 2. The first-order valence-electron chi connectivity index (χ1n) is 8.64. The highest BCUT2D eigenvalue weighted by atomic mass is 35.5. The van der Waals surface area contributed by atoms with Crippen molar-refractivity contribution in [3.8, 4) is 0 Å². The van der Waals surface area contributed by atoms with E-state index in [0.29, 0.717) is 35.0 Å². The van der Waals surface area contributed by atoms with Crippen molar-refractivity contribution in [1.29, 1.82) is 0 Å². The van der Waals surface area contributed by atoms with Crippen molar-refractivity contribution in [1.82, 2.24) is 25.0 Å². The van der Waals surface area contributed by atoms with Crippen molar-refractivity contribution in [3.63, 3.8) is 0 Å². The van der Waals surface area contributed by atoms with Crippen molar-refractivity contribution >= 4 is 44.3 Å². The van der Waals surface area contributed by atoms with Gasteiger partial charge in [0.15, 0.2) is 11.6 Å². The van der Waals surface area contributed by atoms with E-state index in [9.17, 15) is 8.42 Å². The van der Waals surface area contributed by atoms with Gasteiger partial charge < -0.3 is 5.32 Å². The monoisotopic (exact) mass is 429 g/mol. The van der Waals surface area contributed by atoms with E-state index in [4.69, 9.17) is 11.6 Å². The normalized spacial score (nSPS) is 11.5. The Bertz CT molecular complexity index is 1250. The minimum absolute atomic E-state index is 0.0357. The zero-order chi connectivity index (χ0) is 20.3. The maximum Gasteiger partial charge on any atom is 0.263 e. The smallest absolute Gasteiger partial charge is 0.263 e. The molecule has 2 heterocycles. The fraction of sp³-hybridized carbons (Fsp3) is 0.111. The van der Waals surface area contributed by atoms with Gasteiger partial charge in [0.2, 0.25) is 0 Å². The van der Waals surface area contributed by atoms with Crippen LogP contribution in [0.5, 0.6) is 0 Å². The molecule has 0 saturated carbocycles. The number of para-hydroxylation sites is 2. The maximum atomic E-state index is 12.8. The van der Waals surface area contributed by atoms with Crippen molar-refractivity contribution in [2.45, 2.75) is 11.4 Å². The summed E-state index contributed by atoms with van der Waals surface area (Å²) in [7, 11) is -3.90. The molecule has 0 unspecified atom stereocenters. The Kier molecular flexibility index (Phi) is 5.28. The van der Waals surface area contributed by atoms with Crippen LogP contribution in [0.25, 0.3) is 11.0 Å². The highest BCUT2D eigenvalue weighted by molar-refractivity contribution is 7.92. The van der Waals surface area contributed by atoms with E-state index in [0.717, 1.165) is 0 Å². The Morgan fingerprint density at radius 2 is 1.76 bits per heavy atom. The molecule has 0 atom stereocenters. The summed E-state index contributed by atoms with van der Waals surface area (Å²) < 4.78 is 29.8. The molecular weight excluding hydrogens is 414 g/mol. The lowest BCUT2D eigenvalue weighted by molar-refractivity contribution is 0.601. The Labute approximate surface area is 171 Å². The number of rotatable bonds is 7. The molecule has 9 nitrogen and oxygen atoms in total. The van der Waals surface area contributed by atoms with Crippen molar-refractivity contribution in [2.75, 3.05) is 16.6 Å². The first-order chi connectivity index (χ1) is 14.0. The number of nitrogens with zero attached hydrogens (tertiary/aromatic N) is 5. The van der Waals surface area contributed by atoms with E-state index in [2.05, 4.69) is 30.3 Å². The fourth-order valence-corrected chi connectivity index (χ4v) is 3.97. The average Bonchev–Trinajstić information content (AvgIpc) is 3.21. The first-order valence-corrected chi connectivity index (χ1v) is 10.5. The summed E-state index contributed by atoms with van der Waals surface area (Å²) in [5.41, 5.74) is 1.21. The van der Waals surface area contributed by atoms with E-state index in [-0.39, 0.29) is 10.7 Å². The lowest BCUT2D eigenvalue weighted by Gasteiger charge is -2.14. The first kappa shape index (κ1) is 19.1. The number of sulfonamides is 1. The summed E-state index contributed by atoms with van der Waals surface area (Å²) >= 11 is 5.93. The molecule has 29 heavy (non-hydrogen) atoms. The predicted octanol–water partition coefficient (Wildman–Crippen LogP) is 2.79. The van der Waals surface area contributed by atoms with Crippen LogP contribution in [0.4, 0.5) is 11.6 Å². The molecule has 0 fully saturated rings. The van der Waals surface area contributed by atoms with Gasteiger partial charge in [-0.15, -0.1) is 5.10 Å². The van der Waals surface area contributed by atoms with Gasteiger partial charge in [-0.1, -0.05) is 35.0 Å². The second kappa shape index (κ2) is 8.02. The Balaban J connectivity index is 1.65. The maximum absolute atomic E-state index is 12.8. The molecule has 4 aromatic rings. The Morgan fingerprint density at radius 3 is 2.45 bits per heavy atom. The van der Waals surface area contributed by atoms with Crippen LogP contribution in [0.3, 0.4) is 0 Å². The van der Waals surface area contributed by atoms with E-state index < -0.39 is 10.0 Å². The van der Waals surface area contributed by atoms with E-state index >= 15 is 0 Å². The second-order valence-electron chi connectivity index (χ2n) is 6.07. The third kappa shape index (κ3) is 4.44. The van der Waals surface area contributed by atoms with E-state index in [1.807, 2.05) is 12.1 Å². The molecular formula is C18H16ClN7O2S. The van der Waals surface area contributed by atoms with Gasteiger partial charge in [0.25, 0.3) is 10.0 Å². The lowest BCUT2D eigenvalue weighted by Crippen LogP contribution is -2.18. The van der Waals surface area contributed by atoms with Gasteiger partial charge in [-0.25, -0.2) is 18.4 Å². The number of hydrogen-bond donors (Lipinski definition) is 2. The van der Waals surface area contributed by atoms with Crippen molar-refractivity contribution < 1.29 is 8.42 Å². The van der Waals surface area contributed by atoms with Crippen molar-refractivity contribution in [2.24, 2.45) is 0 Å². The molecule has 4 rings (SSSR count). The van der Waals surface area contributed by atoms with Gasteiger partial charge in [-0.05, 0) is 30.3 Å². The molecule has 2 N–H and O–H groups in total. The van der Waals surface area contributed by atoms with Crippen LogP contribution in [0.15, 0.2) is 65.8 Å². The minimum atomic E-state index is -3.90. The Hall–Kier alpha value is -3.24. The number of aromatic nitrogens is 5. The SMILES string of the molecule is O=S(=O)(Nc1nc2ccccc2nc1NCCn1ccnn1)c1cccc(Cl)c1. The van der Waals surface area contributed by atoms with E-state index in [1.54, 1.807) is 41.3 Å². The summed E-state index contributed by atoms with van der Waals surface area (Å²) in [5.74, 6) is 0.414. The molecule has 0 aliphatic rings. The highest BCUT2D eigenvalue weighted by Gasteiger charge is 2.19. The van der Waals surface area contributed by atoms with Gasteiger partial charge in [0.05, 0.1) is 28.7 Å². The fourth-order valence-electron chi connectivity index (χ4n) is 2.66. The van der Waals surface area contributed by atoms with Crippen LogP contribution in [-0.2, 0) is 16.6 Å². The summed E-state index contributed by atoms with van der Waals surface area (Å²) in [5, 5.41) is 11.1. The number of benzene rings is 2. The lowest BCUT2D eigenvalue weighted by atomic mass is 10.3. The van der Waals surface area contributed by atoms with Gasteiger partial charge in [-0.2, -0.15) is 0 Å². The molecule has 0 spiro atoms. The molecule has 0 amide bonds. The average molecular weight is 430 g/mol. The van der Waals surface area contributed by atoms with Crippen LogP contribution < -0.4 is 10.0 Å². The molecule has 0 radical (unpaired) electrons. The van der Waals surface area contributed by atoms with Crippen LogP contribution in [0.2, 0.25) is 5.02 Å². The standard InChI is InChI=1S/C18H16ClN7O2S/c19-13-4-3-5-14(12-13)29(27,28)24-18-17(20-8-10-26-11-9-21-25-26)22-15-6-1-2-7-16(15)23-18/h1-7,9,11-12H,8,10H2,(H,20,22)(H,23,24). The molecule has 0 bridgehead atoms. The quantitative estimate of drug-likeness (QED) is 0.464. The minimum Gasteiger partial charge on any atom is -0.365 e. The van der Waals surface area contributed by atoms with Gasteiger partial charge in [0, 0.05) is 17.8 Å². The number of halogens is 1.